The zero-order valence-electron chi connectivity index (χ0n) is 8.89. The van der Waals surface area contributed by atoms with Gasteiger partial charge in [0.1, 0.15) is 6.10 Å². The maximum atomic E-state index is 11.2. The molecule has 0 aromatic carbocycles. The summed E-state index contributed by atoms with van der Waals surface area (Å²) in [5.41, 5.74) is 0. The number of nitrogens with zero attached hydrogens (tertiary/aromatic N) is 1. The number of ether oxygens (including phenoxy) is 1. The van der Waals surface area contributed by atoms with E-state index in [4.69, 9.17) is 4.74 Å². The summed E-state index contributed by atoms with van der Waals surface area (Å²) in [6.45, 7) is 2.37. The molecule has 3 heteroatoms. The van der Waals surface area contributed by atoms with Crippen LogP contribution in [-0.4, -0.2) is 36.1 Å². The van der Waals surface area contributed by atoms with Crippen LogP contribution in [0.2, 0.25) is 0 Å². The SMILES string of the molecule is O=C1CC2C(C=CC2N2CCCCC2)O1. The first-order chi connectivity index (χ1) is 7.34. The summed E-state index contributed by atoms with van der Waals surface area (Å²) in [7, 11) is 0. The molecule has 0 aromatic rings. The number of piperidine rings is 1. The van der Waals surface area contributed by atoms with Crippen LogP contribution in [0, 0.1) is 5.92 Å². The Kier molecular flexibility index (Phi) is 2.28. The first-order valence-corrected chi connectivity index (χ1v) is 5.96. The lowest BCUT2D eigenvalue weighted by Crippen LogP contribution is -2.42. The second-order valence-electron chi connectivity index (χ2n) is 4.79. The van der Waals surface area contributed by atoms with E-state index in [-0.39, 0.29) is 12.1 Å². The van der Waals surface area contributed by atoms with E-state index < -0.39 is 0 Å². The molecule has 82 valence electrons. The molecule has 0 aromatic heterocycles. The van der Waals surface area contributed by atoms with Crippen molar-refractivity contribution in [2.24, 2.45) is 5.92 Å². The topological polar surface area (TPSA) is 29.5 Å². The molecule has 0 saturated carbocycles. The van der Waals surface area contributed by atoms with Crippen molar-refractivity contribution in [2.75, 3.05) is 13.1 Å². The van der Waals surface area contributed by atoms with E-state index in [0.29, 0.717) is 18.4 Å². The van der Waals surface area contributed by atoms with Gasteiger partial charge in [-0.25, -0.2) is 0 Å². The van der Waals surface area contributed by atoms with Crippen molar-refractivity contribution in [1.82, 2.24) is 4.90 Å². The van der Waals surface area contributed by atoms with Gasteiger partial charge < -0.3 is 4.74 Å². The molecule has 1 aliphatic carbocycles. The number of hydrogen-bond donors (Lipinski definition) is 0. The molecule has 0 N–H and O–H groups in total. The van der Waals surface area contributed by atoms with E-state index in [0.717, 1.165) is 0 Å². The third-order valence-electron chi connectivity index (χ3n) is 3.84. The van der Waals surface area contributed by atoms with Gasteiger partial charge >= 0.3 is 5.97 Å². The van der Waals surface area contributed by atoms with Crippen molar-refractivity contribution in [3.63, 3.8) is 0 Å². The normalized spacial score (nSPS) is 40.5. The van der Waals surface area contributed by atoms with Crippen molar-refractivity contribution in [3.8, 4) is 0 Å². The van der Waals surface area contributed by atoms with E-state index >= 15 is 0 Å². The van der Waals surface area contributed by atoms with Crippen LogP contribution in [0.1, 0.15) is 25.7 Å². The number of fused-ring (bicyclic) bond motifs is 1. The highest BCUT2D eigenvalue weighted by atomic mass is 16.5. The average Bonchev–Trinajstić information content (AvgIpc) is 2.77. The van der Waals surface area contributed by atoms with Gasteiger partial charge in [0.25, 0.3) is 0 Å². The van der Waals surface area contributed by atoms with E-state index in [1.165, 1.54) is 32.4 Å². The van der Waals surface area contributed by atoms with Crippen molar-refractivity contribution < 1.29 is 9.53 Å². The molecule has 0 bridgehead atoms. The fraction of sp³-hybridized carbons (Fsp3) is 0.750. The van der Waals surface area contributed by atoms with Crippen LogP contribution in [0.25, 0.3) is 0 Å². The Balaban J connectivity index is 1.71. The maximum Gasteiger partial charge on any atom is 0.306 e. The summed E-state index contributed by atoms with van der Waals surface area (Å²) in [5, 5.41) is 0. The van der Waals surface area contributed by atoms with Gasteiger partial charge in [0.05, 0.1) is 6.42 Å². The van der Waals surface area contributed by atoms with Crippen LogP contribution >= 0.6 is 0 Å². The molecule has 3 atom stereocenters. The average molecular weight is 207 g/mol. The molecule has 3 nitrogen and oxygen atoms in total. The Bertz CT molecular complexity index is 294. The standard InChI is InChI=1S/C12H17NO2/c14-12-8-9-10(4-5-11(9)15-12)13-6-2-1-3-7-13/h4-5,9-11H,1-3,6-8H2. The number of carbonyl (C=O) groups is 1. The van der Waals surface area contributed by atoms with Crippen LogP contribution in [0.4, 0.5) is 0 Å². The van der Waals surface area contributed by atoms with Gasteiger partial charge in [-0.15, -0.1) is 0 Å². The van der Waals surface area contributed by atoms with E-state index in [2.05, 4.69) is 17.1 Å². The van der Waals surface area contributed by atoms with Gasteiger partial charge in [-0.1, -0.05) is 12.5 Å². The lowest BCUT2D eigenvalue weighted by atomic mass is 9.96. The third-order valence-corrected chi connectivity index (χ3v) is 3.84. The van der Waals surface area contributed by atoms with Gasteiger partial charge in [0.15, 0.2) is 0 Å². The molecule has 15 heavy (non-hydrogen) atoms. The lowest BCUT2D eigenvalue weighted by molar-refractivity contribution is -0.140. The second kappa shape index (κ2) is 3.63. The van der Waals surface area contributed by atoms with Crippen LogP contribution in [0.15, 0.2) is 12.2 Å². The van der Waals surface area contributed by atoms with Crippen LogP contribution in [0.3, 0.4) is 0 Å². The molecule has 2 saturated heterocycles. The zero-order valence-corrected chi connectivity index (χ0v) is 8.89. The Morgan fingerprint density at radius 2 is 2.00 bits per heavy atom. The summed E-state index contributed by atoms with van der Waals surface area (Å²) >= 11 is 0. The lowest BCUT2D eigenvalue weighted by Gasteiger charge is -2.34. The fourth-order valence-electron chi connectivity index (χ4n) is 3.07. The number of carbonyl (C=O) groups excluding carboxylic acids is 1. The Hall–Kier alpha value is -0.830. The minimum absolute atomic E-state index is 0.0173. The molecule has 0 spiro atoms. The highest BCUT2D eigenvalue weighted by Gasteiger charge is 2.43. The third kappa shape index (κ3) is 1.59. The number of hydrogen-bond acceptors (Lipinski definition) is 3. The highest BCUT2D eigenvalue weighted by Crippen LogP contribution is 2.35. The Labute approximate surface area is 90.1 Å². The number of esters is 1. The van der Waals surface area contributed by atoms with Gasteiger partial charge in [-0.05, 0) is 32.0 Å². The summed E-state index contributed by atoms with van der Waals surface area (Å²) in [4.78, 5) is 13.7. The van der Waals surface area contributed by atoms with Crippen LogP contribution < -0.4 is 0 Å². The predicted molar refractivity (Wildman–Crippen MR) is 56.3 cm³/mol. The van der Waals surface area contributed by atoms with E-state index in [1.54, 1.807) is 0 Å². The maximum absolute atomic E-state index is 11.2. The number of rotatable bonds is 1. The van der Waals surface area contributed by atoms with Crippen molar-refractivity contribution >= 4 is 5.97 Å². The molecule has 2 heterocycles. The summed E-state index contributed by atoms with van der Waals surface area (Å²) in [6, 6.07) is 0.460. The Morgan fingerprint density at radius 3 is 2.80 bits per heavy atom. The van der Waals surface area contributed by atoms with Crippen molar-refractivity contribution in [3.05, 3.63) is 12.2 Å². The second-order valence-corrected chi connectivity index (χ2v) is 4.79. The van der Waals surface area contributed by atoms with Gasteiger partial charge in [0.2, 0.25) is 0 Å². The van der Waals surface area contributed by atoms with Gasteiger partial charge in [-0.3, -0.25) is 9.69 Å². The smallest absolute Gasteiger partial charge is 0.306 e. The van der Waals surface area contributed by atoms with Crippen LogP contribution in [0.5, 0.6) is 0 Å². The monoisotopic (exact) mass is 207 g/mol. The van der Waals surface area contributed by atoms with Gasteiger partial charge in [0, 0.05) is 12.0 Å². The van der Waals surface area contributed by atoms with E-state index in [9.17, 15) is 4.79 Å². The fourth-order valence-corrected chi connectivity index (χ4v) is 3.07. The molecule has 3 unspecified atom stereocenters. The molecular weight excluding hydrogens is 190 g/mol. The predicted octanol–water partition coefficient (Wildman–Crippen LogP) is 1.34. The first kappa shape index (κ1) is 9.40. The molecule has 3 rings (SSSR count). The zero-order chi connectivity index (χ0) is 10.3. The van der Waals surface area contributed by atoms with Crippen molar-refractivity contribution in [1.29, 1.82) is 0 Å². The highest BCUT2D eigenvalue weighted by molar-refractivity contribution is 5.73. The largest absolute Gasteiger partial charge is 0.458 e. The summed E-state index contributed by atoms with van der Waals surface area (Å²) in [5.74, 6) is 0.381. The first-order valence-electron chi connectivity index (χ1n) is 5.96. The molecular formula is C12H17NO2. The summed E-state index contributed by atoms with van der Waals surface area (Å²) in [6.07, 6.45) is 8.97. The van der Waals surface area contributed by atoms with Crippen molar-refractivity contribution in [2.45, 2.75) is 37.8 Å². The Morgan fingerprint density at radius 1 is 1.20 bits per heavy atom. The number of likely N-dealkylation sites (tertiary alicyclic amines) is 1. The minimum Gasteiger partial charge on any atom is -0.458 e. The molecule has 0 amide bonds. The molecule has 2 aliphatic heterocycles. The summed E-state index contributed by atoms with van der Waals surface area (Å²) < 4.78 is 5.25. The molecule has 3 aliphatic rings. The quantitative estimate of drug-likeness (QED) is 0.480. The minimum atomic E-state index is -0.0173. The molecule has 0 radical (unpaired) electrons. The van der Waals surface area contributed by atoms with Gasteiger partial charge in [-0.2, -0.15) is 0 Å². The van der Waals surface area contributed by atoms with Crippen LogP contribution in [-0.2, 0) is 9.53 Å². The molecule has 2 fully saturated rings. The van der Waals surface area contributed by atoms with E-state index in [1.807, 2.05) is 0 Å².